The van der Waals surface area contributed by atoms with E-state index in [4.69, 9.17) is 0 Å². The number of hydrogen-bond acceptors (Lipinski definition) is 4. The molecule has 0 saturated carbocycles. The lowest BCUT2D eigenvalue weighted by Crippen LogP contribution is -2.46. The maximum Gasteiger partial charge on any atom is 0.422 e. The molecule has 1 atom stereocenters. The first-order valence-electron chi connectivity index (χ1n) is 7.03. The van der Waals surface area contributed by atoms with Gasteiger partial charge in [0.05, 0.1) is 0 Å². The van der Waals surface area contributed by atoms with E-state index in [9.17, 15) is 22.8 Å². The average molecular weight is 331 g/mol. The maximum atomic E-state index is 12.1. The summed E-state index contributed by atoms with van der Waals surface area (Å²) in [6, 6.07) is 2.68. The Labute approximate surface area is 130 Å². The first-order valence-corrected chi connectivity index (χ1v) is 7.03. The lowest BCUT2D eigenvalue weighted by Gasteiger charge is -2.23. The van der Waals surface area contributed by atoms with Crippen LogP contribution in [0.5, 0.6) is 0 Å². The normalized spacial score (nSPS) is 17.9. The third-order valence-electron chi connectivity index (χ3n) is 3.34. The number of ether oxygens (including phenoxy) is 1. The van der Waals surface area contributed by atoms with Gasteiger partial charge in [0.2, 0.25) is 5.91 Å². The zero-order chi connectivity index (χ0) is 16.9. The summed E-state index contributed by atoms with van der Waals surface area (Å²) in [6.07, 6.45) is -1.61. The summed E-state index contributed by atoms with van der Waals surface area (Å²) in [5.41, 5.74) is 0.782. The molecule has 1 aromatic heterocycles. The van der Waals surface area contributed by atoms with E-state index < -0.39 is 30.8 Å². The summed E-state index contributed by atoms with van der Waals surface area (Å²) < 4.78 is 40.5. The second-order valence-electron chi connectivity index (χ2n) is 5.10. The first kappa shape index (κ1) is 17.0. The molecule has 1 aliphatic heterocycles. The van der Waals surface area contributed by atoms with Gasteiger partial charge in [-0.2, -0.15) is 13.2 Å². The van der Waals surface area contributed by atoms with Gasteiger partial charge in [0.15, 0.2) is 6.61 Å². The SMILES string of the molecule is O=C(NCc1cccnc1)[C@H]1CCCN1C(=O)OCC(F)(F)F. The molecule has 2 heterocycles. The molecule has 2 amide bonds. The molecule has 1 N–H and O–H groups in total. The number of halogens is 3. The van der Waals surface area contributed by atoms with Crippen molar-refractivity contribution in [3.63, 3.8) is 0 Å². The van der Waals surface area contributed by atoms with Crippen molar-refractivity contribution in [2.24, 2.45) is 0 Å². The minimum atomic E-state index is -4.59. The van der Waals surface area contributed by atoms with Gasteiger partial charge in [-0.3, -0.25) is 14.7 Å². The van der Waals surface area contributed by atoms with Crippen LogP contribution in [-0.2, 0) is 16.1 Å². The summed E-state index contributed by atoms with van der Waals surface area (Å²) in [6.45, 7) is -1.23. The number of pyridine rings is 1. The molecule has 0 aliphatic carbocycles. The number of amides is 2. The summed E-state index contributed by atoms with van der Waals surface area (Å²) in [5, 5.41) is 2.65. The number of alkyl halides is 3. The van der Waals surface area contributed by atoms with Crippen LogP contribution in [0, 0.1) is 0 Å². The third-order valence-corrected chi connectivity index (χ3v) is 3.34. The van der Waals surface area contributed by atoms with Crippen LogP contribution in [0.25, 0.3) is 0 Å². The second kappa shape index (κ2) is 7.30. The topological polar surface area (TPSA) is 71.5 Å². The van der Waals surface area contributed by atoms with Crippen LogP contribution in [0.1, 0.15) is 18.4 Å². The fourth-order valence-corrected chi connectivity index (χ4v) is 2.29. The zero-order valence-electron chi connectivity index (χ0n) is 12.2. The fraction of sp³-hybridized carbons (Fsp3) is 0.500. The molecular weight excluding hydrogens is 315 g/mol. The summed E-state index contributed by atoms with van der Waals surface area (Å²) >= 11 is 0. The molecule has 1 aromatic rings. The zero-order valence-corrected chi connectivity index (χ0v) is 12.2. The van der Waals surface area contributed by atoms with Crippen molar-refractivity contribution in [2.45, 2.75) is 31.6 Å². The van der Waals surface area contributed by atoms with Crippen LogP contribution >= 0.6 is 0 Å². The van der Waals surface area contributed by atoms with Gasteiger partial charge in [-0.05, 0) is 24.5 Å². The highest BCUT2D eigenvalue weighted by Crippen LogP contribution is 2.20. The van der Waals surface area contributed by atoms with E-state index in [0.29, 0.717) is 12.8 Å². The van der Waals surface area contributed by atoms with Crippen LogP contribution in [0.15, 0.2) is 24.5 Å². The molecule has 0 unspecified atom stereocenters. The molecule has 1 aliphatic rings. The second-order valence-corrected chi connectivity index (χ2v) is 5.10. The van der Waals surface area contributed by atoms with Gasteiger partial charge in [0.25, 0.3) is 0 Å². The number of nitrogens with zero attached hydrogens (tertiary/aromatic N) is 2. The summed E-state index contributed by atoms with van der Waals surface area (Å²) in [7, 11) is 0. The van der Waals surface area contributed by atoms with Gasteiger partial charge in [0.1, 0.15) is 6.04 Å². The van der Waals surface area contributed by atoms with Crippen LogP contribution < -0.4 is 5.32 Å². The molecule has 2 rings (SSSR count). The number of rotatable bonds is 4. The molecule has 23 heavy (non-hydrogen) atoms. The van der Waals surface area contributed by atoms with Crippen LogP contribution in [0.3, 0.4) is 0 Å². The molecule has 9 heteroatoms. The van der Waals surface area contributed by atoms with E-state index in [0.717, 1.165) is 10.5 Å². The van der Waals surface area contributed by atoms with Crippen molar-refractivity contribution in [1.29, 1.82) is 0 Å². The van der Waals surface area contributed by atoms with Gasteiger partial charge in [-0.15, -0.1) is 0 Å². The first-order chi connectivity index (χ1) is 10.9. The standard InChI is InChI=1S/C14H16F3N3O3/c15-14(16,17)9-23-13(22)20-6-2-4-11(20)12(21)19-8-10-3-1-5-18-7-10/h1,3,5,7,11H,2,4,6,8-9H2,(H,19,21)/t11-/m1/s1. The Kier molecular flexibility index (Phi) is 5.41. The van der Waals surface area contributed by atoms with Crippen molar-refractivity contribution in [3.05, 3.63) is 30.1 Å². The molecule has 6 nitrogen and oxygen atoms in total. The van der Waals surface area contributed by atoms with E-state index in [1.54, 1.807) is 24.5 Å². The van der Waals surface area contributed by atoms with Gasteiger partial charge in [0, 0.05) is 25.5 Å². The molecule has 126 valence electrons. The Hall–Kier alpha value is -2.32. The molecular formula is C14H16F3N3O3. The lowest BCUT2D eigenvalue weighted by molar-refractivity contribution is -0.162. The summed E-state index contributed by atoms with van der Waals surface area (Å²) in [5.74, 6) is -0.421. The van der Waals surface area contributed by atoms with E-state index >= 15 is 0 Å². The van der Waals surface area contributed by atoms with Gasteiger partial charge >= 0.3 is 12.3 Å². The lowest BCUT2D eigenvalue weighted by atomic mass is 10.2. The maximum absolute atomic E-state index is 12.1. The van der Waals surface area contributed by atoms with E-state index in [1.807, 2.05) is 0 Å². The number of hydrogen-bond donors (Lipinski definition) is 1. The predicted molar refractivity (Wildman–Crippen MR) is 73.2 cm³/mol. The molecule has 0 bridgehead atoms. The Morgan fingerprint density at radius 3 is 2.87 bits per heavy atom. The molecule has 0 radical (unpaired) electrons. The van der Waals surface area contributed by atoms with Crippen LogP contribution in [-0.4, -0.2) is 47.3 Å². The number of carbonyl (C=O) groups excluding carboxylic acids is 2. The van der Waals surface area contributed by atoms with Crippen molar-refractivity contribution < 1.29 is 27.5 Å². The van der Waals surface area contributed by atoms with Crippen molar-refractivity contribution >= 4 is 12.0 Å². The highest BCUT2D eigenvalue weighted by atomic mass is 19.4. The minimum Gasteiger partial charge on any atom is -0.440 e. The monoisotopic (exact) mass is 331 g/mol. The molecule has 1 fully saturated rings. The Morgan fingerprint density at radius 2 is 2.22 bits per heavy atom. The molecule has 0 spiro atoms. The quantitative estimate of drug-likeness (QED) is 0.914. The Morgan fingerprint density at radius 1 is 1.43 bits per heavy atom. The Bertz CT molecular complexity index is 551. The minimum absolute atomic E-state index is 0.196. The smallest absolute Gasteiger partial charge is 0.422 e. The van der Waals surface area contributed by atoms with E-state index in [2.05, 4.69) is 15.0 Å². The Balaban J connectivity index is 1.87. The number of carbonyl (C=O) groups is 2. The number of likely N-dealkylation sites (tertiary alicyclic amines) is 1. The predicted octanol–water partition coefficient (Wildman–Crippen LogP) is 1.86. The fourth-order valence-electron chi connectivity index (χ4n) is 2.29. The van der Waals surface area contributed by atoms with Crippen LogP contribution in [0.4, 0.5) is 18.0 Å². The van der Waals surface area contributed by atoms with E-state index in [1.165, 1.54) is 0 Å². The molecule has 0 aromatic carbocycles. The molecule has 1 saturated heterocycles. The van der Waals surface area contributed by atoms with Gasteiger partial charge in [-0.1, -0.05) is 6.07 Å². The van der Waals surface area contributed by atoms with Gasteiger partial charge < -0.3 is 10.1 Å². The third kappa shape index (κ3) is 5.11. The number of nitrogens with one attached hydrogen (secondary N) is 1. The van der Waals surface area contributed by atoms with Gasteiger partial charge in [-0.25, -0.2) is 4.79 Å². The summed E-state index contributed by atoms with van der Waals surface area (Å²) in [4.78, 5) is 28.8. The van der Waals surface area contributed by atoms with E-state index in [-0.39, 0.29) is 13.1 Å². The highest BCUT2D eigenvalue weighted by molar-refractivity contribution is 5.86. The van der Waals surface area contributed by atoms with Crippen molar-refractivity contribution in [1.82, 2.24) is 15.2 Å². The van der Waals surface area contributed by atoms with Crippen LogP contribution in [0.2, 0.25) is 0 Å². The number of aromatic nitrogens is 1. The van der Waals surface area contributed by atoms with Crippen molar-refractivity contribution in [3.8, 4) is 0 Å². The van der Waals surface area contributed by atoms with Crippen molar-refractivity contribution in [2.75, 3.05) is 13.2 Å². The average Bonchev–Trinajstić information content (AvgIpc) is 3.00. The largest absolute Gasteiger partial charge is 0.440 e. The highest BCUT2D eigenvalue weighted by Gasteiger charge is 2.37.